The number of azo groups is 1. The molecule has 1 rings (SSSR count). The Balaban J connectivity index is 2.47. The fourth-order valence-corrected chi connectivity index (χ4v) is 1.13. The molecule has 90 valence electrons. The fraction of sp³-hybridized carbons (Fsp3) is 0.231. The Morgan fingerprint density at radius 1 is 1.35 bits per heavy atom. The molecule has 17 heavy (non-hydrogen) atoms. The van der Waals surface area contributed by atoms with E-state index in [1.54, 1.807) is 0 Å². The van der Waals surface area contributed by atoms with Crippen molar-refractivity contribution in [3.8, 4) is 0 Å². The molecule has 1 aromatic rings. The van der Waals surface area contributed by atoms with Gasteiger partial charge in [-0.15, -0.1) is 0 Å². The quantitative estimate of drug-likeness (QED) is 0.464. The molecule has 0 unspecified atom stereocenters. The number of hydrogen-bond acceptors (Lipinski definition) is 4. The first-order chi connectivity index (χ1) is 8.22. The minimum absolute atomic E-state index is 0.596. The van der Waals surface area contributed by atoms with Crippen molar-refractivity contribution in [3.63, 3.8) is 0 Å². The number of hydrogen-bond donors (Lipinski definition) is 2. The van der Waals surface area contributed by atoms with E-state index in [4.69, 9.17) is 5.73 Å². The average molecular weight is 230 g/mol. The molecule has 0 amide bonds. The number of nitrogens with zero attached hydrogens (tertiary/aromatic N) is 2. The lowest BCUT2D eigenvalue weighted by Crippen LogP contribution is -1.90. The predicted octanol–water partition coefficient (Wildman–Crippen LogP) is 3.03. The molecule has 0 bridgehead atoms. The van der Waals surface area contributed by atoms with Crippen LogP contribution in [-0.4, -0.2) is 13.6 Å². The Morgan fingerprint density at radius 3 is 2.71 bits per heavy atom. The summed E-state index contributed by atoms with van der Waals surface area (Å²) in [6.45, 7) is 2.61. The highest BCUT2D eigenvalue weighted by Crippen LogP contribution is 2.14. The second-order valence-electron chi connectivity index (χ2n) is 3.65. The molecule has 4 heteroatoms. The number of rotatable bonds is 5. The van der Waals surface area contributed by atoms with E-state index in [1.165, 1.54) is 0 Å². The van der Waals surface area contributed by atoms with E-state index in [9.17, 15) is 0 Å². The Morgan fingerprint density at radius 2 is 2.06 bits per heavy atom. The smallest absolute Gasteiger partial charge is 0.0854 e. The van der Waals surface area contributed by atoms with E-state index in [0.29, 0.717) is 6.54 Å². The van der Waals surface area contributed by atoms with Crippen LogP contribution < -0.4 is 11.1 Å². The van der Waals surface area contributed by atoms with Crippen molar-refractivity contribution in [1.29, 1.82) is 0 Å². The van der Waals surface area contributed by atoms with Gasteiger partial charge in [0.2, 0.25) is 0 Å². The lowest BCUT2D eigenvalue weighted by atomic mass is 10.3. The molecule has 0 heterocycles. The molecule has 0 aliphatic carbocycles. The SMILES string of the molecule is CN/C=C\C=C(\C)C/N=N/c1ccc(N)cc1. The van der Waals surface area contributed by atoms with Gasteiger partial charge in [-0.05, 0) is 43.5 Å². The first-order valence-corrected chi connectivity index (χ1v) is 5.45. The molecule has 1 aromatic carbocycles. The fourth-order valence-electron chi connectivity index (χ4n) is 1.13. The summed E-state index contributed by atoms with van der Waals surface area (Å²) in [4.78, 5) is 0. The zero-order valence-corrected chi connectivity index (χ0v) is 10.2. The number of nitrogens with one attached hydrogen (secondary N) is 1. The summed E-state index contributed by atoms with van der Waals surface area (Å²) >= 11 is 0. The van der Waals surface area contributed by atoms with Gasteiger partial charge in [0, 0.05) is 12.7 Å². The molecule has 0 saturated carbocycles. The highest BCUT2D eigenvalue weighted by Gasteiger charge is 1.89. The Labute approximate surface area is 102 Å². The van der Waals surface area contributed by atoms with Gasteiger partial charge in [-0.1, -0.05) is 11.6 Å². The molecular weight excluding hydrogens is 212 g/mol. The maximum absolute atomic E-state index is 5.58. The monoisotopic (exact) mass is 230 g/mol. The third kappa shape index (κ3) is 5.51. The van der Waals surface area contributed by atoms with Crippen LogP contribution in [0.15, 0.2) is 58.4 Å². The third-order valence-electron chi connectivity index (χ3n) is 2.04. The summed E-state index contributed by atoms with van der Waals surface area (Å²) in [7, 11) is 1.86. The lowest BCUT2D eigenvalue weighted by Gasteiger charge is -1.95. The maximum Gasteiger partial charge on any atom is 0.0854 e. The molecule has 0 fully saturated rings. The zero-order chi connectivity index (χ0) is 12.5. The van der Waals surface area contributed by atoms with Crippen LogP contribution in [0.5, 0.6) is 0 Å². The van der Waals surface area contributed by atoms with Crippen LogP contribution in [0.2, 0.25) is 0 Å². The summed E-state index contributed by atoms with van der Waals surface area (Å²) in [5.41, 5.74) is 8.28. The molecule has 3 N–H and O–H groups in total. The van der Waals surface area contributed by atoms with Crippen molar-refractivity contribution >= 4 is 11.4 Å². The molecule has 0 spiro atoms. The van der Waals surface area contributed by atoms with E-state index in [2.05, 4.69) is 15.5 Å². The summed E-state index contributed by atoms with van der Waals surface area (Å²) in [5.74, 6) is 0. The van der Waals surface area contributed by atoms with Crippen molar-refractivity contribution < 1.29 is 0 Å². The van der Waals surface area contributed by atoms with E-state index in [-0.39, 0.29) is 0 Å². The Hall–Kier alpha value is -2.10. The maximum atomic E-state index is 5.58. The molecule has 0 aliphatic heterocycles. The first-order valence-electron chi connectivity index (χ1n) is 5.45. The molecule has 0 radical (unpaired) electrons. The van der Waals surface area contributed by atoms with Crippen molar-refractivity contribution in [2.75, 3.05) is 19.3 Å². The van der Waals surface area contributed by atoms with Gasteiger partial charge >= 0.3 is 0 Å². The summed E-state index contributed by atoms with van der Waals surface area (Å²) < 4.78 is 0. The predicted molar refractivity (Wildman–Crippen MR) is 72.2 cm³/mol. The van der Waals surface area contributed by atoms with Crippen LogP contribution in [-0.2, 0) is 0 Å². The van der Waals surface area contributed by atoms with Gasteiger partial charge in [-0.25, -0.2) is 0 Å². The number of allylic oxidation sites excluding steroid dienone is 2. The number of nitrogen functional groups attached to an aromatic ring is 1. The molecule has 0 saturated heterocycles. The number of anilines is 1. The Kier molecular flexibility index (Phi) is 5.51. The normalized spacial score (nSPS) is 12.5. The molecule has 0 aromatic heterocycles. The second kappa shape index (κ2) is 7.22. The van der Waals surface area contributed by atoms with Crippen molar-refractivity contribution in [2.45, 2.75) is 6.92 Å². The van der Waals surface area contributed by atoms with Crippen molar-refractivity contribution in [3.05, 3.63) is 48.2 Å². The van der Waals surface area contributed by atoms with Crippen LogP contribution in [0, 0.1) is 0 Å². The molecule has 0 atom stereocenters. The molecule has 0 aliphatic rings. The van der Waals surface area contributed by atoms with Gasteiger partial charge < -0.3 is 11.1 Å². The summed E-state index contributed by atoms with van der Waals surface area (Å²) in [6, 6.07) is 7.32. The van der Waals surface area contributed by atoms with Crippen LogP contribution >= 0.6 is 0 Å². The highest BCUT2D eigenvalue weighted by molar-refractivity contribution is 5.47. The zero-order valence-electron chi connectivity index (χ0n) is 10.2. The topological polar surface area (TPSA) is 62.8 Å². The van der Waals surface area contributed by atoms with Gasteiger partial charge in [-0.2, -0.15) is 10.2 Å². The second-order valence-corrected chi connectivity index (χ2v) is 3.65. The number of nitrogens with two attached hydrogens (primary N) is 1. The van der Waals surface area contributed by atoms with Crippen molar-refractivity contribution in [2.24, 2.45) is 10.2 Å². The molecule has 4 nitrogen and oxygen atoms in total. The van der Waals surface area contributed by atoms with Crippen LogP contribution in [0.3, 0.4) is 0 Å². The molecular formula is C13H18N4. The lowest BCUT2D eigenvalue weighted by molar-refractivity contribution is 1.02. The minimum Gasteiger partial charge on any atom is -0.399 e. The van der Waals surface area contributed by atoms with Gasteiger partial charge in [0.15, 0.2) is 0 Å². The largest absolute Gasteiger partial charge is 0.399 e. The average Bonchev–Trinajstić information content (AvgIpc) is 2.32. The number of benzene rings is 1. The van der Waals surface area contributed by atoms with E-state index < -0.39 is 0 Å². The van der Waals surface area contributed by atoms with Crippen LogP contribution in [0.4, 0.5) is 11.4 Å². The minimum atomic E-state index is 0.596. The van der Waals surface area contributed by atoms with Crippen LogP contribution in [0.25, 0.3) is 0 Å². The highest BCUT2D eigenvalue weighted by atomic mass is 15.1. The van der Waals surface area contributed by atoms with Gasteiger partial charge in [0.1, 0.15) is 0 Å². The van der Waals surface area contributed by atoms with Crippen LogP contribution in [0.1, 0.15) is 6.92 Å². The van der Waals surface area contributed by atoms with E-state index in [0.717, 1.165) is 16.9 Å². The van der Waals surface area contributed by atoms with Gasteiger partial charge in [-0.3, -0.25) is 0 Å². The van der Waals surface area contributed by atoms with Crippen molar-refractivity contribution in [1.82, 2.24) is 5.32 Å². The summed E-state index contributed by atoms with van der Waals surface area (Å²) in [5, 5.41) is 11.1. The van der Waals surface area contributed by atoms with Gasteiger partial charge in [0.05, 0.1) is 12.2 Å². The van der Waals surface area contributed by atoms with E-state index in [1.807, 2.05) is 56.6 Å². The summed E-state index contributed by atoms with van der Waals surface area (Å²) in [6.07, 6.45) is 5.80. The third-order valence-corrected chi connectivity index (χ3v) is 2.04. The van der Waals surface area contributed by atoms with E-state index >= 15 is 0 Å². The Bertz CT molecular complexity index is 416. The van der Waals surface area contributed by atoms with Gasteiger partial charge in [0.25, 0.3) is 0 Å². The first kappa shape index (κ1) is 13.0. The standard InChI is InChI=1S/C13H18N4/c1-11(4-3-9-15-2)10-16-17-13-7-5-12(14)6-8-13/h3-9,15H,10,14H2,1-2H3/b9-3-,11-4-,17-16+.